The molecule has 2 aromatic carbocycles. The van der Waals surface area contributed by atoms with Gasteiger partial charge in [-0.3, -0.25) is 9.52 Å². The number of nitrogens with one attached hydrogen (secondary N) is 2. The first kappa shape index (κ1) is 19.8. The summed E-state index contributed by atoms with van der Waals surface area (Å²) in [6, 6.07) is 9.49. The van der Waals surface area contributed by atoms with E-state index in [9.17, 15) is 13.2 Å². The number of amides is 1. The van der Waals surface area contributed by atoms with Gasteiger partial charge in [0.1, 0.15) is 12.1 Å². The fraction of sp³-hybridized carbons (Fsp3) is 0.167. The van der Waals surface area contributed by atoms with Crippen LogP contribution >= 0.6 is 11.6 Å². The zero-order valence-electron chi connectivity index (χ0n) is 14.9. The van der Waals surface area contributed by atoms with E-state index < -0.39 is 15.9 Å². The summed E-state index contributed by atoms with van der Waals surface area (Å²) in [5, 5.41) is 3.51. The van der Waals surface area contributed by atoms with Crippen LogP contribution in [-0.4, -0.2) is 30.0 Å². The molecule has 1 amide bonds. The number of aromatic nitrogens is 2. The summed E-state index contributed by atoms with van der Waals surface area (Å²) in [6.07, 6.45) is 1.77. The van der Waals surface area contributed by atoms with Crippen molar-refractivity contribution >= 4 is 55.6 Å². The van der Waals surface area contributed by atoms with Crippen molar-refractivity contribution in [2.75, 3.05) is 21.5 Å². The van der Waals surface area contributed by atoms with Gasteiger partial charge in [-0.2, -0.15) is 0 Å². The predicted molar refractivity (Wildman–Crippen MR) is 111 cm³/mol. The van der Waals surface area contributed by atoms with Crippen molar-refractivity contribution in [2.45, 2.75) is 13.3 Å². The number of rotatable bonds is 6. The third-order valence-corrected chi connectivity index (χ3v) is 5.72. The molecule has 3 rings (SSSR count). The normalized spacial score (nSPS) is 11.4. The molecule has 0 aliphatic rings. The highest BCUT2D eigenvalue weighted by molar-refractivity contribution is 7.92. The lowest BCUT2D eigenvalue weighted by atomic mass is 10.1. The Bertz CT molecular complexity index is 1150. The molecule has 10 heteroatoms. The number of nitrogens with zero attached hydrogens (tertiary/aromatic N) is 2. The van der Waals surface area contributed by atoms with Gasteiger partial charge < -0.3 is 11.1 Å². The molecule has 146 valence electrons. The summed E-state index contributed by atoms with van der Waals surface area (Å²) in [6.45, 7) is 1.77. The topological polar surface area (TPSA) is 127 Å². The van der Waals surface area contributed by atoms with Gasteiger partial charge in [0.2, 0.25) is 10.0 Å². The second-order valence-electron chi connectivity index (χ2n) is 6.03. The van der Waals surface area contributed by atoms with E-state index in [0.29, 0.717) is 28.6 Å². The smallest absolute Gasteiger partial charge is 0.257 e. The number of halogens is 1. The molecule has 0 spiro atoms. The van der Waals surface area contributed by atoms with Crippen LogP contribution in [0.2, 0.25) is 5.02 Å². The molecule has 0 unspecified atom stereocenters. The highest BCUT2D eigenvalue weighted by Gasteiger charge is 2.16. The average Bonchev–Trinajstić information content (AvgIpc) is 2.64. The molecular weight excluding hydrogens is 402 g/mol. The number of anilines is 3. The number of benzene rings is 2. The SMILES string of the molecule is CCCS(=O)(=O)Nc1ccc(Cl)c(NC(=O)c2cccc3c(N)ncnc23)c1. The van der Waals surface area contributed by atoms with Crippen LogP contribution in [0.5, 0.6) is 0 Å². The molecule has 0 atom stereocenters. The van der Waals surface area contributed by atoms with Crippen LogP contribution in [0.3, 0.4) is 0 Å². The van der Waals surface area contributed by atoms with E-state index >= 15 is 0 Å². The Morgan fingerprint density at radius 2 is 2.00 bits per heavy atom. The van der Waals surface area contributed by atoms with Crippen LogP contribution < -0.4 is 15.8 Å². The average molecular weight is 420 g/mol. The van der Waals surface area contributed by atoms with E-state index in [1.807, 2.05) is 0 Å². The van der Waals surface area contributed by atoms with E-state index in [2.05, 4.69) is 20.0 Å². The van der Waals surface area contributed by atoms with Gasteiger partial charge >= 0.3 is 0 Å². The highest BCUT2D eigenvalue weighted by Crippen LogP contribution is 2.28. The summed E-state index contributed by atoms with van der Waals surface area (Å²) in [5.41, 5.74) is 7.10. The Morgan fingerprint density at radius 1 is 1.21 bits per heavy atom. The van der Waals surface area contributed by atoms with Crippen LogP contribution in [-0.2, 0) is 10.0 Å². The van der Waals surface area contributed by atoms with Crippen molar-refractivity contribution in [2.24, 2.45) is 0 Å². The monoisotopic (exact) mass is 419 g/mol. The molecule has 0 fully saturated rings. The number of hydrogen-bond donors (Lipinski definition) is 3. The number of carbonyl (C=O) groups excluding carboxylic acids is 1. The van der Waals surface area contributed by atoms with E-state index in [-0.39, 0.29) is 22.3 Å². The van der Waals surface area contributed by atoms with Crippen LogP contribution in [0, 0.1) is 0 Å². The van der Waals surface area contributed by atoms with Crippen molar-refractivity contribution < 1.29 is 13.2 Å². The summed E-state index contributed by atoms with van der Waals surface area (Å²) in [7, 11) is -3.47. The largest absolute Gasteiger partial charge is 0.383 e. The van der Waals surface area contributed by atoms with Gasteiger partial charge in [0.15, 0.2) is 0 Å². The van der Waals surface area contributed by atoms with E-state index in [0.717, 1.165) is 0 Å². The van der Waals surface area contributed by atoms with Crippen LogP contribution in [0.25, 0.3) is 10.9 Å². The number of sulfonamides is 1. The number of nitrogens with two attached hydrogens (primary N) is 1. The van der Waals surface area contributed by atoms with Crippen molar-refractivity contribution in [3.63, 3.8) is 0 Å². The van der Waals surface area contributed by atoms with E-state index in [4.69, 9.17) is 17.3 Å². The number of para-hydroxylation sites is 1. The highest BCUT2D eigenvalue weighted by atomic mass is 35.5. The zero-order valence-corrected chi connectivity index (χ0v) is 16.5. The van der Waals surface area contributed by atoms with Gasteiger partial charge in [-0.25, -0.2) is 18.4 Å². The molecule has 1 aromatic heterocycles. The summed E-state index contributed by atoms with van der Waals surface area (Å²) >= 11 is 6.17. The first-order valence-electron chi connectivity index (χ1n) is 8.41. The molecule has 0 aliphatic carbocycles. The minimum absolute atomic E-state index is 0.00551. The second-order valence-corrected chi connectivity index (χ2v) is 8.28. The Hall–Kier alpha value is -2.91. The number of fused-ring (bicyclic) bond motifs is 1. The summed E-state index contributed by atoms with van der Waals surface area (Å²) in [4.78, 5) is 20.8. The first-order chi connectivity index (χ1) is 13.3. The number of carbonyl (C=O) groups is 1. The van der Waals surface area contributed by atoms with E-state index in [1.54, 1.807) is 25.1 Å². The Balaban J connectivity index is 1.91. The molecule has 4 N–H and O–H groups in total. The van der Waals surface area contributed by atoms with Gasteiger partial charge in [-0.15, -0.1) is 0 Å². The first-order valence-corrected chi connectivity index (χ1v) is 10.4. The third kappa shape index (κ3) is 4.32. The summed E-state index contributed by atoms with van der Waals surface area (Å²) < 4.78 is 26.4. The molecule has 0 saturated heterocycles. The van der Waals surface area contributed by atoms with Crippen LogP contribution in [0.1, 0.15) is 23.7 Å². The third-order valence-electron chi connectivity index (χ3n) is 3.90. The quantitative estimate of drug-likeness (QED) is 0.562. The fourth-order valence-electron chi connectivity index (χ4n) is 2.66. The molecule has 28 heavy (non-hydrogen) atoms. The number of nitrogen functional groups attached to an aromatic ring is 1. The Labute approximate surface area is 167 Å². The standard InChI is InChI=1S/C18H18ClN5O3S/c1-2-8-28(26,27)24-11-6-7-14(19)15(9-11)23-18(25)13-5-3-4-12-16(13)21-10-22-17(12)20/h3-7,9-10,24H,2,8H2,1H3,(H,23,25)(H2,20,21,22). The molecule has 0 bridgehead atoms. The van der Waals surface area contributed by atoms with Gasteiger partial charge in [-0.1, -0.05) is 24.6 Å². The lowest BCUT2D eigenvalue weighted by Crippen LogP contribution is -2.17. The molecule has 1 heterocycles. The van der Waals surface area contributed by atoms with Crippen LogP contribution in [0.4, 0.5) is 17.2 Å². The molecule has 0 radical (unpaired) electrons. The number of hydrogen-bond acceptors (Lipinski definition) is 6. The van der Waals surface area contributed by atoms with Gasteiger partial charge in [0.05, 0.1) is 33.2 Å². The molecule has 0 saturated carbocycles. The zero-order chi connectivity index (χ0) is 20.3. The molecular formula is C18H18ClN5O3S. The maximum atomic E-state index is 12.8. The van der Waals surface area contributed by atoms with Gasteiger partial charge in [-0.05, 0) is 36.8 Å². The lowest BCUT2D eigenvalue weighted by Gasteiger charge is -2.12. The Kier molecular flexibility index (Phi) is 5.66. The van der Waals surface area contributed by atoms with Gasteiger partial charge in [0, 0.05) is 5.39 Å². The van der Waals surface area contributed by atoms with Crippen molar-refractivity contribution in [3.8, 4) is 0 Å². The van der Waals surface area contributed by atoms with E-state index in [1.165, 1.54) is 24.5 Å². The lowest BCUT2D eigenvalue weighted by molar-refractivity contribution is 0.102. The van der Waals surface area contributed by atoms with Crippen molar-refractivity contribution in [1.82, 2.24) is 9.97 Å². The second kappa shape index (κ2) is 7.99. The minimum Gasteiger partial charge on any atom is -0.383 e. The molecule has 8 nitrogen and oxygen atoms in total. The maximum absolute atomic E-state index is 12.8. The van der Waals surface area contributed by atoms with Crippen LogP contribution in [0.15, 0.2) is 42.7 Å². The summed E-state index contributed by atoms with van der Waals surface area (Å²) in [5.74, 6) is -0.196. The van der Waals surface area contributed by atoms with Crippen molar-refractivity contribution in [3.05, 3.63) is 53.3 Å². The minimum atomic E-state index is -3.47. The van der Waals surface area contributed by atoms with Gasteiger partial charge in [0.25, 0.3) is 5.91 Å². The maximum Gasteiger partial charge on any atom is 0.257 e. The predicted octanol–water partition coefficient (Wildman–Crippen LogP) is 3.27. The fourth-order valence-corrected chi connectivity index (χ4v) is 3.95. The molecule has 3 aromatic rings. The van der Waals surface area contributed by atoms with Crippen molar-refractivity contribution in [1.29, 1.82) is 0 Å². The Morgan fingerprint density at radius 3 is 2.75 bits per heavy atom. The molecule has 0 aliphatic heterocycles.